The van der Waals surface area contributed by atoms with Crippen molar-refractivity contribution in [3.63, 3.8) is 0 Å². The van der Waals surface area contributed by atoms with E-state index in [0.29, 0.717) is 38.7 Å². The fourth-order valence-corrected chi connectivity index (χ4v) is 6.71. The highest BCUT2D eigenvalue weighted by atomic mass is 32.1. The summed E-state index contributed by atoms with van der Waals surface area (Å²) in [6.45, 7) is 7.41. The molecule has 11 nitrogen and oxygen atoms in total. The second-order valence-corrected chi connectivity index (χ2v) is 12.5. The second kappa shape index (κ2) is 13.3. The number of fused-ring (bicyclic) bond motifs is 2. The number of anilines is 1. The molecule has 0 unspecified atom stereocenters. The summed E-state index contributed by atoms with van der Waals surface area (Å²) in [6, 6.07) is 8.25. The number of ether oxygens (including phenoxy) is 1. The minimum Gasteiger partial charge on any atom is -0.378 e. The van der Waals surface area contributed by atoms with E-state index in [1.54, 1.807) is 17.4 Å². The van der Waals surface area contributed by atoms with Crippen LogP contribution in [0.4, 0.5) is 5.82 Å². The monoisotopic (exact) mass is 602 g/mol. The molecule has 6 rings (SSSR count). The Balaban J connectivity index is 1.13. The molecule has 0 atom stereocenters. The van der Waals surface area contributed by atoms with E-state index in [4.69, 9.17) is 14.7 Å². The van der Waals surface area contributed by atoms with E-state index in [1.807, 2.05) is 54.4 Å². The molecule has 12 heteroatoms. The van der Waals surface area contributed by atoms with Crippen molar-refractivity contribution in [3.8, 4) is 11.4 Å². The van der Waals surface area contributed by atoms with Gasteiger partial charge in [0, 0.05) is 81.0 Å². The third-order valence-corrected chi connectivity index (χ3v) is 9.01. The molecule has 0 bridgehead atoms. The number of H-pyrrole nitrogens is 1. The summed E-state index contributed by atoms with van der Waals surface area (Å²) in [5, 5.41) is 8.28. The minimum atomic E-state index is 0.00255. The molecule has 2 aliphatic rings. The molecule has 4 aromatic rings. The van der Waals surface area contributed by atoms with Gasteiger partial charge < -0.3 is 19.4 Å². The Morgan fingerprint density at radius 2 is 1.88 bits per heavy atom. The van der Waals surface area contributed by atoms with Gasteiger partial charge in [-0.25, -0.2) is 9.97 Å². The lowest BCUT2D eigenvalue weighted by atomic mass is 10.1. The zero-order chi connectivity index (χ0) is 29.8. The summed E-state index contributed by atoms with van der Waals surface area (Å²) in [6.07, 6.45) is 5.78. The Morgan fingerprint density at radius 3 is 2.67 bits per heavy atom. The number of hydrogen-bond donors (Lipinski definition) is 1. The van der Waals surface area contributed by atoms with Crippen LogP contribution in [-0.4, -0.2) is 120 Å². The molecule has 0 spiro atoms. The van der Waals surface area contributed by atoms with Gasteiger partial charge in [-0.05, 0) is 32.3 Å². The number of nitrogens with one attached hydrogen (secondary N) is 1. The van der Waals surface area contributed by atoms with Crippen LogP contribution in [-0.2, 0) is 20.9 Å². The first-order chi connectivity index (χ1) is 20.9. The van der Waals surface area contributed by atoms with Gasteiger partial charge in [-0.15, -0.1) is 11.3 Å². The molecule has 0 saturated carbocycles. The van der Waals surface area contributed by atoms with Crippen LogP contribution < -0.4 is 4.90 Å². The zero-order valence-electron chi connectivity index (χ0n) is 24.8. The first-order valence-corrected chi connectivity index (χ1v) is 15.7. The van der Waals surface area contributed by atoms with E-state index < -0.39 is 0 Å². The number of nitrogens with zero attached hydrogens (tertiary/aromatic N) is 7. The van der Waals surface area contributed by atoms with Crippen LogP contribution >= 0.6 is 11.3 Å². The highest BCUT2D eigenvalue weighted by Gasteiger charge is 2.24. The smallest absolute Gasteiger partial charge is 0.223 e. The van der Waals surface area contributed by atoms with Crippen molar-refractivity contribution >= 4 is 50.0 Å². The van der Waals surface area contributed by atoms with E-state index >= 15 is 0 Å². The van der Waals surface area contributed by atoms with Crippen LogP contribution in [0.5, 0.6) is 0 Å². The number of hydrogen-bond acceptors (Lipinski definition) is 10. The predicted octanol–water partition coefficient (Wildman–Crippen LogP) is 3.18. The van der Waals surface area contributed by atoms with Crippen LogP contribution in [0, 0.1) is 0 Å². The molecule has 1 aromatic carbocycles. The molecule has 2 fully saturated rings. The van der Waals surface area contributed by atoms with Gasteiger partial charge in [0.05, 0.1) is 35.1 Å². The fourth-order valence-electron chi connectivity index (χ4n) is 5.56. The average molecular weight is 603 g/mol. The molecule has 3 aromatic heterocycles. The lowest BCUT2D eigenvalue weighted by Crippen LogP contribution is -2.48. The summed E-state index contributed by atoms with van der Waals surface area (Å²) in [7, 11) is 3.91. The van der Waals surface area contributed by atoms with Crippen molar-refractivity contribution in [3.05, 3.63) is 47.5 Å². The summed E-state index contributed by atoms with van der Waals surface area (Å²) in [4.78, 5) is 44.8. The molecule has 43 heavy (non-hydrogen) atoms. The Morgan fingerprint density at radius 1 is 1.07 bits per heavy atom. The number of rotatable bonds is 10. The molecule has 2 aliphatic heterocycles. The third kappa shape index (κ3) is 6.93. The third-order valence-electron chi connectivity index (χ3n) is 7.91. The number of thiophene rings is 1. The van der Waals surface area contributed by atoms with Gasteiger partial charge in [0.2, 0.25) is 5.91 Å². The first-order valence-electron chi connectivity index (χ1n) is 14.8. The maximum Gasteiger partial charge on any atom is 0.223 e. The molecule has 0 aliphatic carbocycles. The molecular weight excluding hydrogens is 564 g/mol. The molecule has 1 amide bonds. The number of amides is 1. The van der Waals surface area contributed by atoms with Crippen molar-refractivity contribution in [2.45, 2.75) is 19.4 Å². The van der Waals surface area contributed by atoms with Crippen LogP contribution in [0.15, 0.2) is 42.6 Å². The average Bonchev–Trinajstić information content (AvgIpc) is 3.67. The van der Waals surface area contributed by atoms with Crippen molar-refractivity contribution < 1.29 is 14.3 Å². The van der Waals surface area contributed by atoms with Gasteiger partial charge in [0.25, 0.3) is 0 Å². The van der Waals surface area contributed by atoms with Crippen LogP contribution in [0.3, 0.4) is 0 Å². The lowest BCUT2D eigenvalue weighted by molar-refractivity contribution is -0.134. The first kappa shape index (κ1) is 29.4. The van der Waals surface area contributed by atoms with Crippen LogP contribution in [0.25, 0.3) is 32.5 Å². The lowest BCUT2D eigenvalue weighted by Gasteiger charge is -2.34. The predicted molar refractivity (Wildman–Crippen MR) is 169 cm³/mol. The quantitative estimate of drug-likeness (QED) is 0.274. The molecule has 0 radical (unpaired) electrons. The zero-order valence-corrected chi connectivity index (χ0v) is 25.6. The maximum atomic E-state index is 12.8. The van der Waals surface area contributed by atoms with Crippen molar-refractivity contribution in [1.29, 1.82) is 0 Å². The second-order valence-electron chi connectivity index (χ2n) is 11.3. The van der Waals surface area contributed by atoms with Crippen LogP contribution in [0.1, 0.15) is 17.7 Å². The van der Waals surface area contributed by atoms with Gasteiger partial charge >= 0.3 is 0 Å². The number of likely N-dealkylation sites (N-methyl/N-ethyl adjacent to an activating group) is 1. The normalized spacial score (nSPS) is 16.7. The van der Waals surface area contributed by atoms with E-state index in [1.165, 1.54) is 4.88 Å². The van der Waals surface area contributed by atoms with E-state index in [-0.39, 0.29) is 24.5 Å². The number of morpholine rings is 1. The summed E-state index contributed by atoms with van der Waals surface area (Å²) >= 11 is 1.75. The minimum absolute atomic E-state index is 0.00255. The summed E-state index contributed by atoms with van der Waals surface area (Å²) in [5.74, 6) is 1.72. The SMILES string of the molecule is CN(C)CC=CC(=O)CCC(=O)N1CCN(Cc2cc3nc(-c4cccc5[nH]ncc45)nc(N4CCOCC4)c3s2)CC1. The van der Waals surface area contributed by atoms with Gasteiger partial charge in [-0.1, -0.05) is 18.2 Å². The molecule has 2 saturated heterocycles. The van der Waals surface area contributed by atoms with Gasteiger partial charge in [0.1, 0.15) is 0 Å². The standard InChI is InChI=1S/C31H38N8O3S/c1-36(2)10-4-5-22(40)8-9-28(41)38-13-11-37(12-14-38)21-23-19-27-29(43-23)31(39-15-17-42-18-16-39)34-30(33-27)24-6-3-7-26-25(24)20-32-35-26/h3-7,19-20H,8-18,21H2,1-2H3,(H,32,35). The Labute approximate surface area is 255 Å². The van der Waals surface area contributed by atoms with Gasteiger partial charge in [-0.2, -0.15) is 5.10 Å². The van der Waals surface area contributed by atoms with Gasteiger partial charge in [0.15, 0.2) is 17.4 Å². The molecule has 5 heterocycles. The molecular formula is C31H38N8O3S. The Bertz CT molecular complexity index is 1620. The number of ketones is 1. The van der Waals surface area contributed by atoms with Crippen LogP contribution in [0.2, 0.25) is 0 Å². The van der Waals surface area contributed by atoms with Gasteiger partial charge in [-0.3, -0.25) is 19.6 Å². The van der Waals surface area contributed by atoms with E-state index in [0.717, 1.165) is 65.2 Å². The Hall–Kier alpha value is -3.71. The van der Waals surface area contributed by atoms with E-state index in [9.17, 15) is 9.59 Å². The number of allylic oxidation sites excluding steroid dienone is 1. The largest absolute Gasteiger partial charge is 0.378 e. The van der Waals surface area contributed by atoms with Crippen molar-refractivity contribution in [2.75, 3.05) is 78.0 Å². The summed E-state index contributed by atoms with van der Waals surface area (Å²) < 4.78 is 6.72. The topological polar surface area (TPSA) is 111 Å². The number of aromatic nitrogens is 4. The van der Waals surface area contributed by atoms with E-state index in [2.05, 4.69) is 26.1 Å². The summed E-state index contributed by atoms with van der Waals surface area (Å²) in [5.41, 5.74) is 2.87. The van der Waals surface area contributed by atoms with Crippen molar-refractivity contribution in [1.82, 2.24) is 34.9 Å². The number of piperazine rings is 1. The maximum absolute atomic E-state index is 12.8. The number of carbonyl (C=O) groups excluding carboxylic acids is 2. The molecule has 226 valence electrons. The highest BCUT2D eigenvalue weighted by molar-refractivity contribution is 7.19. The molecule has 1 N–H and O–H groups in total. The fraction of sp³-hybridized carbons (Fsp3) is 0.452. The number of carbonyl (C=O) groups is 2. The number of aromatic amines is 1. The van der Waals surface area contributed by atoms with Crippen molar-refractivity contribution in [2.24, 2.45) is 0 Å². The Kier molecular flexibility index (Phi) is 9.08. The highest BCUT2D eigenvalue weighted by Crippen LogP contribution is 2.36. The number of benzene rings is 1.